The molecule has 0 spiro atoms. The Morgan fingerprint density at radius 1 is 1.18 bits per heavy atom. The van der Waals surface area contributed by atoms with Crippen molar-refractivity contribution in [2.45, 2.75) is 19.4 Å². The maximum absolute atomic E-state index is 5.99. The van der Waals surface area contributed by atoms with Crippen LogP contribution in [0.5, 0.6) is 5.75 Å². The van der Waals surface area contributed by atoms with E-state index in [1.165, 1.54) is 5.56 Å². The Kier molecular flexibility index (Phi) is 6.33. The van der Waals surface area contributed by atoms with Crippen molar-refractivity contribution in [3.63, 3.8) is 0 Å². The fraction of sp³-hybridized carbons (Fsp3) is 0.240. The van der Waals surface area contributed by atoms with E-state index in [-0.39, 0.29) is 5.92 Å². The average molecular weight is 476 g/mol. The molecule has 1 atom stereocenters. The molecule has 174 valence electrons. The van der Waals surface area contributed by atoms with E-state index in [1.807, 2.05) is 28.8 Å². The van der Waals surface area contributed by atoms with Crippen LogP contribution in [0.3, 0.4) is 0 Å². The summed E-state index contributed by atoms with van der Waals surface area (Å²) in [5.74, 6) is 2.21. The third kappa shape index (κ3) is 4.42. The minimum Gasteiger partial charge on any atom is -0.494 e. The lowest BCUT2D eigenvalue weighted by Gasteiger charge is -2.28. The lowest BCUT2D eigenvalue weighted by molar-refractivity contribution is 0.413. The second-order valence-electron chi connectivity index (χ2n) is 8.00. The number of methoxy groups -OCH3 is 1. The number of halogens is 1. The zero-order valence-electron chi connectivity index (χ0n) is 19.0. The van der Waals surface area contributed by atoms with Crippen molar-refractivity contribution >= 4 is 29.1 Å². The van der Waals surface area contributed by atoms with Crippen LogP contribution in [-0.2, 0) is 6.54 Å². The van der Waals surface area contributed by atoms with Crippen LogP contribution in [0.4, 0.5) is 17.5 Å². The Morgan fingerprint density at radius 2 is 2.03 bits per heavy atom. The van der Waals surface area contributed by atoms with E-state index in [0.717, 1.165) is 48.1 Å². The van der Waals surface area contributed by atoms with Crippen LogP contribution in [0.15, 0.2) is 61.1 Å². The highest BCUT2D eigenvalue weighted by molar-refractivity contribution is 6.29. The van der Waals surface area contributed by atoms with Gasteiger partial charge < -0.3 is 25.3 Å². The van der Waals surface area contributed by atoms with Crippen LogP contribution in [0, 0.1) is 0 Å². The fourth-order valence-corrected chi connectivity index (χ4v) is 4.41. The zero-order chi connectivity index (χ0) is 23.5. The molecule has 0 aliphatic carbocycles. The Balaban J connectivity index is 1.51. The van der Waals surface area contributed by atoms with Gasteiger partial charge in [-0.2, -0.15) is 4.98 Å². The van der Waals surface area contributed by atoms with Gasteiger partial charge in [0.05, 0.1) is 18.5 Å². The van der Waals surface area contributed by atoms with E-state index in [2.05, 4.69) is 52.1 Å². The van der Waals surface area contributed by atoms with Crippen LogP contribution < -0.4 is 20.7 Å². The number of ether oxygens (including phenoxy) is 1. The fourth-order valence-electron chi connectivity index (χ4n) is 4.26. The van der Waals surface area contributed by atoms with E-state index in [1.54, 1.807) is 19.6 Å². The van der Waals surface area contributed by atoms with Gasteiger partial charge in [-0.1, -0.05) is 41.9 Å². The molecule has 3 N–H and O–H groups in total. The highest BCUT2D eigenvalue weighted by Crippen LogP contribution is 2.34. The molecule has 9 heteroatoms. The van der Waals surface area contributed by atoms with Gasteiger partial charge >= 0.3 is 0 Å². The van der Waals surface area contributed by atoms with E-state index in [4.69, 9.17) is 26.3 Å². The summed E-state index contributed by atoms with van der Waals surface area (Å²) in [5.41, 5.74) is 5.03. The van der Waals surface area contributed by atoms with Gasteiger partial charge in [0.15, 0.2) is 0 Å². The summed E-state index contributed by atoms with van der Waals surface area (Å²) in [5, 5.41) is 10.7. The predicted octanol–water partition coefficient (Wildman–Crippen LogP) is 4.73. The summed E-state index contributed by atoms with van der Waals surface area (Å²) in [6.07, 6.45) is 3.39. The molecule has 5 rings (SSSR count). The van der Waals surface area contributed by atoms with Gasteiger partial charge in [0.2, 0.25) is 5.95 Å². The molecule has 3 heterocycles. The lowest BCUT2D eigenvalue weighted by Crippen LogP contribution is -2.31. The van der Waals surface area contributed by atoms with Gasteiger partial charge in [0.1, 0.15) is 23.0 Å². The molecule has 0 fully saturated rings. The van der Waals surface area contributed by atoms with Gasteiger partial charge in [-0.25, -0.2) is 9.97 Å². The van der Waals surface area contributed by atoms with E-state index < -0.39 is 0 Å². The van der Waals surface area contributed by atoms with E-state index in [9.17, 15) is 0 Å². The summed E-state index contributed by atoms with van der Waals surface area (Å²) < 4.78 is 7.44. The van der Waals surface area contributed by atoms with Gasteiger partial charge in [0, 0.05) is 49.1 Å². The molecule has 2 aromatic heterocycles. The number of nitrogens with one attached hydrogen (secondary N) is 3. The number of aromatic nitrogens is 4. The predicted molar refractivity (Wildman–Crippen MR) is 135 cm³/mol. The molecule has 0 saturated carbocycles. The summed E-state index contributed by atoms with van der Waals surface area (Å²) in [7, 11) is 1.64. The van der Waals surface area contributed by atoms with Crippen molar-refractivity contribution in [2.75, 3.05) is 30.8 Å². The highest BCUT2D eigenvalue weighted by Gasteiger charge is 2.27. The quantitative estimate of drug-likeness (QED) is 0.356. The van der Waals surface area contributed by atoms with Crippen molar-refractivity contribution in [1.29, 1.82) is 0 Å². The first-order chi connectivity index (χ1) is 16.7. The van der Waals surface area contributed by atoms with Gasteiger partial charge in [-0.15, -0.1) is 0 Å². The monoisotopic (exact) mass is 475 g/mol. The third-order valence-corrected chi connectivity index (χ3v) is 6.03. The third-order valence-electron chi connectivity index (χ3n) is 5.83. The van der Waals surface area contributed by atoms with Crippen molar-refractivity contribution in [3.05, 3.63) is 83.0 Å². The minimum atomic E-state index is 0.147. The van der Waals surface area contributed by atoms with Crippen LogP contribution >= 0.6 is 11.6 Å². The van der Waals surface area contributed by atoms with Gasteiger partial charge in [-0.05, 0) is 24.6 Å². The van der Waals surface area contributed by atoms with E-state index >= 15 is 0 Å². The molecule has 34 heavy (non-hydrogen) atoms. The normalized spacial score (nSPS) is 15.0. The van der Waals surface area contributed by atoms with Crippen LogP contribution in [0.1, 0.15) is 29.7 Å². The smallest absolute Gasteiger partial charge is 0.229 e. The van der Waals surface area contributed by atoms with Crippen molar-refractivity contribution in [2.24, 2.45) is 0 Å². The molecule has 1 aliphatic heterocycles. The van der Waals surface area contributed by atoms with Crippen molar-refractivity contribution in [3.8, 4) is 11.4 Å². The number of anilines is 3. The SMILES string of the molecule is CCNc1nc(Nc2ccc(-n3cnc(Cl)c3)c(OC)c2)nc2c1CNCC2c1ccccc1. The number of rotatable bonds is 7. The Labute approximate surface area is 203 Å². The zero-order valence-corrected chi connectivity index (χ0v) is 19.8. The van der Waals surface area contributed by atoms with Crippen molar-refractivity contribution in [1.82, 2.24) is 24.8 Å². The Bertz CT molecular complexity index is 1290. The van der Waals surface area contributed by atoms with Gasteiger partial charge in [0.25, 0.3) is 0 Å². The second-order valence-corrected chi connectivity index (χ2v) is 8.39. The summed E-state index contributed by atoms with van der Waals surface area (Å²) >= 11 is 5.99. The Morgan fingerprint density at radius 3 is 2.76 bits per heavy atom. The first kappa shape index (κ1) is 22.2. The lowest BCUT2D eigenvalue weighted by atomic mass is 9.89. The maximum Gasteiger partial charge on any atom is 0.229 e. The minimum absolute atomic E-state index is 0.147. The van der Waals surface area contributed by atoms with E-state index in [0.29, 0.717) is 16.9 Å². The summed E-state index contributed by atoms with van der Waals surface area (Å²) in [6, 6.07) is 16.3. The largest absolute Gasteiger partial charge is 0.494 e. The number of imidazole rings is 1. The van der Waals surface area contributed by atoms with Gasteiger partial charge in [-0.3, -0.25) is 0 Å². The molecule has 0 saturated heterocycles. The van der Waals surface area contributed by atoms with Crippen LogP contribution in [0.25, 0.3) is 5.69 Å². The molecule has 0 amide bonds. The number of hydrogen-bond donors (Lipinski definition) is 3. The molecule has 1 aliphatic rings. The molecule has 0 bridgehead atoms. The molecular weight excluding hydrogens is 450 g/mol. The topological polar surface area (TPSA) is 88.9 Å². The molecule has 2 aromatic carbocycles. The highest BCUT2D eigenvalue weighted by atomic mass is 35.5. The maximum atomic E-state index is 5.99. The number of hydrogen-bond acceptors (Lipinski definition) is 7. The van der Waals surface area contributed by atoms with Crippen LogP contribution in [-0.4, -0.2) is 39.7 Å². The molecular formula is C25H26ClN7O. The van der Waals surface area contributed by atoms with Crippen molar-refractivity contribution < 1.29 is 4.74 Å². The number of benzene rings is 2. The molecule has 4 aromatic rings. The number of nitrogens with zero attached hydrogens (tertiary/aromatic N) is 4. The Hall–Kier alpha value is -3.62. The molecule has 1 unspecified atom stereocenters. The second kappa shape index (κ2) is 9.70. The van der Waals surface area contributed by atoms with Crippen LogP contribution in [0.2, 0.25) is 5.15 Å². The standard InChI is InChI=1S/C25H26ClN7O/c1-3-28-24-19-13-27-12-18(16-7-5-4-6-8-16)23(19)31-25(32-24)30-17-9-10-20(21(11-17)34-2)33-14-22(26)29-15-33/h4-11,14-15,18,27H,3,12-13H2,1-2H3,(H2,28,30,31,32). The summed E-state index contributed by atoms with van der Waals surface area (Å²) in [4.78, 5) is 13.8. The molecule has 0 radical (unpaired) electrons. The number of fused-ring (bicyclic) bond motifs is 1. The first-order valence-electron chi connectivity index (χ1n) is 11.2. The summed E-state index contributed by atoms with van der Waals surface area (Å²) in [6.45, 7) is 4.40. The first-order valence-corrected chi connectivity index (χ1v) is 11.6. The molecule has 8 nitrogen and oxygen atoms in total. The average Bonchev–Trinajstić information content (AvgIpc) is 3.30.